The number of alkyl halides is 3. The first-order valence-corrected chi connectivity index (χ1v) is 8.14. The van der Waals surface area contributed by atoms with E-state index in [2.05, 4.69) is 15.5 Å². The Bertz CT molecular complexity index is 934. The number of benzene rings is 2. The minimum atomic E-state index is -4.42. The Morgan fingerprint density at radius 2 is 1.89 bits per heavy atom. The van der Waals surface area contributed by atoms with Gasteiger partial charge in [-0.15, -0.1) is 0 Å². The summed E-state index contributed by atoms with van der Waals surface area (Å²) in [5.41, 5.74) is 1.45. The number of nitrogens with one attached hydrogen (secondary N) is 1. The number of carbonyl (C=O) groups is 1. The monoisotopic (exact) mass is 375 g/mol. The maximum Gasteiger partial charge on any atom is 0.416 e. The number of amides is 1. The fourth-order valence-electron chi connectivity index (χ4n) is 2.40. The number of halogens is 3. The van der Waals surface area contributed by atoms with Crippen LogP contribution in [0.2, 0.25) is 0 Å². The van der Waals surface area contributed by atoms with Gasteiger partial charge in [-0.05, 0) is 24.6 Å². The van der Waals surface area contributed by atoms with Crippen molar-refractivity contribution in [3.8, 4) is 11.4 Å². The topological polar surface area (TPSA) is 68.0 Å². The summed E-state index contributed by atoms with van der Waals surface area (Å²) in [7, 11) is 0. The van der Waals surface area contributed by atoms with Crippen LogP contribution in [0.15, 0.2) is 53.1 Å². The molecule has 2 aromatic carbocycles. The molecule has 0 unspecified atom stereocenters. The molecule has 0 radical (unpaired) electrons. The van der Waals surface area contributed by atoms with Gasteiger partial charge in [0, 0.05) is 12.1 Å². The minimum Gasteiger partial charge on any atom is -0.352 e. The molecule has 1 aromatic heterocycles. The first kappa shape index (κ1) is 18.6. The molecule has 1 amide bonds. The van der Waals surface area contributed by atoms with E-state index in [-0.39, 0.29) is 18.9 Å². The Morgan fingerprint density at radius 3 is 2.59 bits per heavy atom. The Morgan fingerprint density at radius 1 is 1.15 bits per heavy atom. The van der Waals surface area contributed by atoms with Gasteiger partial charge in [-0.1, -0.05) is 47.1 Å². The second kappa shape index (κ2) is 7.61. The van der Waals surface area contributed by atoms with E-state index in [1.807, 2.05) is 31.2 Å². The zero-order valence-corrected chi connectivity index (χ0v) is 14.4. The minimum absolute atomic E-state index is 0.0261. The standard InChI is InChI=1S/C19H16F3N3O2/c1-12-5-7-14(8-6-12)18-24-17(27-25-18)10-16(26)23-11-13-3-2-4-15(9-13)19(20,21)22/h2-9H,10-11H2,1H3,(H,23,26). The zero-order valence-electron chi connectivity index (χ0n) is 14.4. The Balaban J connectivity index is 1.58. The Hall–Kier alpha value is -3.16. The molecule has 3 rings (SSSR count). The largest absolute Gasteiger partial charge is 0.416 e. The van der Waals surface area contributed by atoms with E-state index >= 15 is 0 Å². The van der Waals surface area contributed by atoms with Gasteiger partial charge in [0.05, 0.1) is 5.56 Å². The van der Waals surface area contributed by atoms with Crippen molar-refractivity contribution >= 4 is 5.91 Å². The number of nitrogens with zero attached hydrogens (tertiary/aromatic N) is 2. The van der Waals surface area contributed by atoms with Gasteiger partial charge >= 0.3 is 6.18 Å². The predicted molar refractivity (Wildman–Crippen MR) is 91.5 cm³/mol. The summed E-state index contributed by atoms with van der Waals surface area (Å²) in [5.74, 6) is 0.0781. The van der Waals surface area contributed by atoms with Crippen LogP contribution in [0.5, 0.6) is 0 Å². The molecule has 0 aliphatic rings. The third kappa shape index (κ3) is 4.93. The summed E-state index contributed by atoms with van der Waals surface area (Å²) in [6.07, 6.45) is -4.58. The van der Waals surface area contributed by atoms with E-state index in [1.165, 1.54) is 12.1 Å². The van der Waals surface area contributed by atoms with E-state index in [0.717, 1.165) is 23.3 Å². The van der Waals surface area contributed by atoms with Crippen LogP contribution < -0.4 is 5.32 Å². The summed E-state index contributed by atoms with van der Waals surface area (Å²) in [5, 5.41) is 6.38. The molecular formula is C19H16F3N3O2. The average Bonchev–Trinajstić information content (AvgIpc) is 3.08. The quantitative estimate of drug-likeness (QED) is 0.734. The van der Waals surface area contributed by atoms with E-state index in [9.17, 15) is 18.0 Å². The van der Waals surface area contributed by atoms with E-state index in [1.54, 1.807) is 0 Å². The third-order valence-electron chi connectivity index (χ3n) is 3.83. The highest BCUT2D eigenvalue weighted by molar-refractivity contribution is 5.77. The Labute approximate surface area is 153 Å². The van der Waals surface area contributed by atoms with Gasteiger partial charge in [0.2, 0.25) is 17.6 Å². The molecular weight excluding hydrogens is 359 g/mol. The van der Waals surface area contributed by atoms with Gasteiger partial charge in [-0.3, -0.25) is 4.79 Å². The lowest BCUT2D eigenvalue weighted by Crippen LogP contribution is -2.24. The Kier molecular flexibility index (Phi) is 5.25. The van der Waals surface area contributed by atoms with Crippen LogP contribution >= 0.6 is 0 Å². The molecule has 140 valence electrons. The van der Waals surface area contributed by atoms with Crippen molar-refractivity contribution in [2.24, 2.45) is 0 Å². The average molecular weight is 375 g/mol. The highest BCUT2D eigenvalue weighted by atomic mass is 19.4. The molecule has 1 N–H and O–H groups in total. The second-order valence-corrected chi connectivity index (χ2v) is 6.03. The second-order valence-electron chi connectivity index (χ2n) is 6.03. The highest BCUT2D eigenvalue weighted by Gasteiger charge is 2.30. The molecule has 1 heterocycles. The number of carbonyl (C=O) groups excluding carboxylic acids is 1. The SMILES string of the molecule is Cc1ccc(-c2noc(CC(=O)NCc3cccc(C(F)(F)F)c3)n2)cc1. The molecule has 0 aliphatic carbocycles. The lowest BCUT2D eigenvalue weighted by Gasteiger charge is -2.09. The maximum atomic E-state index is 12.7. The van der Waals surface area contributed by atoms with Crippen LogP contribution in [0.1, 0.15) is 22.6 Å². The summed E-state index contributed by atoms with van der Waals surface area (Å²) in [6, 6.07) is 12.3. The van der Waals surface area contributed by atoms with Crippen molar-refractivity contribution < 1.29 is 22.5 Å². The number of hydrogen-bond acceptors (Lipinski definition) is 4. The van der Waals surface area contributed by atoms with Gasteiger partial charge < -0.3 is 9.84 Å². The molecule has 0 fully saturated rings. The first-order valence-electron chi connectivity index (χ1n) is 8.14. The van der Waals surface area contributed by atoms with Gasteiger partial charge in [0.15, 0.2) is 0 Å². The van der Waals surface area contributed by atoms with Gasteiger partial charge in [0.25, 0.3) is 0 Å². The van der Waals surface area contributed by atoms with Crippen molar-refractivity contribution in [1.82, 2.24) is 15.5 Å². The summed E-state index contributed by atoms with van der Waals surface area (Å²) in [6.45, 7) is 1.93. The molecule has 0 saturated carbocycles. The zero-order chi connectivity index (χ0) is 19.4. The summed E-state index contributed by atoms with van der Waals surface area (Å²) in [4.78, 5) is 16.2. The van der Waals surface area contributed by atoms with Gasteiger partial charge in [0.1, 0.15) is 6.42 Å². The predicted octanol–water partition coefficient (Wildman–Crippen LogP) is 3.92. The van der Waals surface area contributed by atoms with Crippen LogP contribution in [0.3, 0.4) is 0 Å². The maximum absolute atomic E-state index is 12.7. The van der Waals surface area contributed by atoms with Gasteiger partial charge in [-0.2, -0.15) is 18.2 Å². The summed E-state index contributed by atoms with van der Waals surface area (Å²) < 4.78 is 43.2. The van der Waals surface area contributed by atoms with Crippen LogP contribution in [0.4, 0.5) is 13.2 Å². The molecule has 3 aromatic rings. The van der Waals surface area contributed by atoms with Crippen molar-refractivity contribution in [2.45, 2.75) is 26.1 Å². The van der Waals surface area contributed by atoms with Crippen molar-refractivity contribution in [2.75, 3.05) is 0 Å². The van der Waals surface area contributed by atoms with Crippen LogP contribution in [-0.4, -0.2) is 16.0 Å². The lowest BCUT2D eigenvalue weighted by atomic mass is 10.1. The van der Waals surface area contributed by atoms with E-state index in [4.69, 9.17) is 4.52 Å². The number of aryl methyl sites for hydroxylation is 1. The third-order valence-corrected chi connectivity index (χ3v) is 3.83. The van der Waals surface area contributed by atoms with Crippen LogP contribution in [0.25, 0.3) is 11.4 Å². The molecule has 27 heavy (non-hydrogen) atoms. The molecule has 0 atom stereocenters. The number of aromatic nitrogens is 2. The molecule has 0 bridgehead atoms. The number of hydrogen-bond donors (Lipinski definition) is 1. The fraction of sp³-hybridized carbons (Fsp3) is 0.211. The van der Waals surface area contributed by atoms with Crippen molar-refractivity contribution in [1.29, 1.82) is 0 Å². The van der Waals surface area contributed by atoms with Gasteiger partial charge in [-0.25, -0.2) is 0 Å². The molecule has 0 spiro atoms. The summed E-state index contributed by atoms with van der Waals surface area (Å²) >= 11 is 0. The first-order chi connectivity index (χ1) is 12.8. The van der Waals surface area contributed by atoms with Crippen LogP contribution in [0, 0.1) is 6.92 Å². The molecule has 0 aliphatic heterocycles. The highest BCUT2D eigenvalue weighted by Crippen LogP contribution is 2.29. The van der Waals surface area contributed by atoms with E-state index < -0.39 is 17.6 Å². The number of rotatable bonds is 5. The molecule has 5 nitrogen and oxygen atoms in total. The smallest absolute Gasteiger partial charge is 0.352 e. The lowest BCUT2D eigenvalue weighted by molar-refractivity contribution is -0.137. The van der Waals surface area contributed by atoms with Crippen LogP contribution in [-0.2, 0) is 23.9 Å². The van der Waals surface area contributed by atoms with E-state index in [0.29, 0.717) is 11.4 Å². The van der Waals surface area contributed by atoms with Crippen molar-refractivity contribution in [3.05, 3.63) is 71.1 Å². The molecule has 8 heteroatoms. The molecule has 0 saturated heterocycles. The normalized spacial score (nSPS) is 11.4. The fourth-order valence-corrected chi connectivity index (χ4v) is 2.40. The van der Waals surface area contributed by atoms with Crippen molar-refractivity contribution in [3.63, 3.8) is 0 Å².